The van der Waals surface area contributed by atoms with Crippen LogP contribution in [0.5, 0.6) is 11.5 Å². The van der Waals surface area contributed by atoms with Crippen LogP contribution in [0.4, 0.5) is 0 Å². The van der Waals surface area contributed by atoms with Crippen LogP contribution >= 0.6 is 0 Å². The Morgan fingerprint density at radius 2 is 1.80 bits per heavy atom. The molecule has 5 heteroatoms. The Morgan fingerprint density at radius 3 is 2.53 bits per heavy atom. The van der Waals surface area contributed by atoms with Crippen LogP contribution in [0.1, 0.15) is 31.4 Å². The van der Waals surface area contributed by atoms with E-state index in [1.807, 2.05) is 19.9 Å². The molecular formula is C25H34N2O3. The molecule has 3 atom stereocenters. The van der Waals surface area contributed by atoms with E-state index in [9.17, 15) is 5.11 Å². The van der Waals surface area contributed by atoms with Gasteiger partial charge in [-0.1, -0.05) is 36.4 Å². The lowest BCUT2D eigenvalue weighted by Crippen LogP contribution is -2.56. The first kappa shape index (κ1) is 21.2. The monoisotopic (exact) mass is 410 g/mol. The van der Waals surface area contributed by atoms with Crippen LogP contribution in [-0.4, -0.2) is 65.9 Å². The molecule has 2 aromatic carbocycles. The summed E-state index contributed by atoms with van der Waals surface area (Å²) in [5, 5.41) is 10.2. The summed E-state index contributed by atoms with van der Waals surface area (Å²) < 4.78 is 11.5. The summed E-state index contributed by atoms with van der Waals surface area (Å²) in [6.45, 7) is 7.73. The summed E-state index contributed by atoms with van der Waals surface area (Å²) in [4.78, 5) is 5.07. The van der Waals surface area contributed by atoms with Gasteiger partial charge in [0.2, 0.25) is 0 Å². The summed E-state index contributed by atoms with van der Waals surface area (Å²) in [5.41, 5.74) is 2.60. The molecule has 0 spiro atoms. The normalized spacial score (nSPS) is 24.8. The van der Waals surface area contributed by atoms with E-state index in [2.05, 4.69) is 52.3 Å². The molecule has 0 aromatic heterocycles. The topological polar surface area (TPSA) is 45.2 Å². The van der Waals surface area contributed by atoms with Crippen molar-refractivity contribution in [3.05, 3.63) is 59.7 Å². The van der Waals surface area contributed by atoms with Crippen LogP contribution in [0, 0.1) is 0 Å². The zero-order valence-corrected chi connectivity index (χ0v) is 18.3. The molecule has 0 aliphatic carbocycles. The number of nitrogens with zero attached hydrogens (tertiary/aromatic N) is 2. The molecule has 2 aliphatic heterocycles. The Labute approximate surface area is 180 Å². The fourth-order valence-corrected chi connectivity index (χ4v) is 4.85. The highest BCUT2D eigenvalue weighted by Crippen LogP contribution is 2.32. The minimum Gasteiger partial charge on any atom is -0.493 e. The minimum atomic E-state index is -0.195. The van der Waals surface area contributed by atoms with Crippen molar-refractivity contribution in [3.8, 4) is 11.5 Å². The maximum absolute atomic E-state index is 10.2. The van der Waals surface area contributed by atoms with Crippen LogP contribution in [0.3, 0.4) is 0 Å². The van der Waals surface area contributed by atoms with Crippen molar-refractivity contribution in [3.63, 3.8) is 0 Å². The van der Waals surface area contributed by atoms with Crippen LogP contribution in [0.25, 0.3) is 0 Å². The number of benzene rings is 2. The van der Waals surface area contributed by atoms with Crippen LogP contribution < -0.4 is 9.47 Å². The predicted octanol–water partition coefficient (Wildman–Crippen LogP) is 3.34. The summed E-state index contributed by atoms with van der Waals surface area (Å²) in [5.74, 6) is 1.58. The molecule has 2 aromatic rings. The van der Waals surface area contributed by atoms with Gasteiger partial charge in [0.25, 0.3) is 0 Å². The van der Waals surface area contributed by atoms with Gasteiger partial charge in [-0.25, -0.2) is 0 Å². The van der Waals surface area contributed by atoms with E-state index in [1.165, 1.54) is 11.1 Å². The van der Waals surface area contributed by atoms with Crippen molar-refractivity contribution in [2.45, 2.75) is 57.5 Å². The van der Waals surface area contributed by atoms with Crippen molar-refractivity contribution in [2.24, 2.45) is 0 Å². The lowest BCUT2D eigenvalue weighted by atomic mass is 9.99. The quantitative estimate of drug-likeness (QED) is 0.759. The van der Waals surface area contributed by atoms with Crippen LogP contribution in [0.15, 0.2) is 48.5 Å². The second-order valence-corrected chi connectivity index (χ2v) is 8.92. The van der Waals surface area contributed by atoms with Gasteiger partial charge >= 0.3 is 0 Å². The number of fused-ring (bicyclic) bond motifs is 1. The Bertz CT molecular complexity index is 826. The van der Waals surface area contributed by atoms with E-state index in [1.54, 1.807) is 7.11 Å². The molecule has 30 heavy (non-hydrogen) atoms. The van der Waals surface area contributed by atoms with Crippen molar-refractivity contribution in [2.75, 3.05) is 26.7 Å². The van der Waals surface area contributed by atoms with E-state index >= 15 is 0 Å². The average Bonchev–Trinajstić information content (AvgIpc) is 3.07. The summed E-state index contributed by atoms with van der Waals surface area (Å²) >= 11 is 0. The average molecular weight is 411 g/mol. The first-order valence-corrected chi connectivity index (χ1v) is 11.1. The minimum absolute atomic E-state index is 0.100. The number of ether oxygens (including phenoxy) is 2. The zero-order valence-electron chi connectivity index (χ0n) is 18.3. The van der Waals surface area contributed by atoms with E-state index in [0.717, 1.165) is 50.5 Å². The molecular weight excluding hydrogens is 376 g/mol. The molecule has 1 N–H and O–H groups in total. The molecule has 4 rings (SSSR count). The van der Waals surface area contributed by atoms with Gasteiger partial charge in [-0.3, -0.25) is 9.80 Å². The SMILES string of the molecule is COc1ccc(CN2C[C@@H]3C[C@@H](O)CN3C[C@@H]2Cc2ccccc2)cc1OC(C)C. The molecule has 2 fully saturated rings. The third kappa shape index (κ3) is 4.97. The third-order valence-corrected chi connectivity index (χ3v) is 6.20. The highest BCUT2D eigenvalue weighted by atomic mass is 16.5. The van der Waals surface area contributed by atoms with Gasteiger partial charge in [0.15, 0.2) is 11.5 Å². The van der Waals surface area contributed by atoms with Crippen molar-refractivity contribution in [1.82, 2.24) is 9.80 Å². The van der Waals surface area contributed by atoms with Gasteiger partial charge in [-0.05, 0) is 49.9 Å². The standard InChI is InChI=1S/C25H34N2O3/c1-18(2)30-25-12-20(9-10-24(25)29-3)14-26-16-22-13-23(28)17-27(22)15-21(26)11-19-7-5-4-6-8-19/h4-10,12,18,21-23,28H,11,13-17H2,1-3H3/t21-,22-,23+/m0/s1. The smallest absolute Gasteiger partial charge is 0.161 e. The van der Waals surface area contributed by atoms with Gasteiger partial charge in [0.05, 0.1) is 19.3 Å². The Kier molecular flexibility index (Phi) is 6.61. The first-order valence-electron chi connectivity index (χ1n) is 11.1. The molecule has 0 unspecified atom stereocenters. The van der Waals surface area contributed by atoms with E-state index in [4.69, 9.17) is 9.47 Å². The third-order valence-electron chi connectivity index (χ3n) is 6.20. The fourth-order valence-electron chi connectivity index (χ4n) is 4.85. The summed E-state index contributed by atoms with van der Waals surface area (Å²) in [7, 11) is 1.68. The number of hydrogen-bond donors (Lipinski definition) is 1. The van der Waals surface area contributed by atoms with Crippen LogP contribution in [-0.2, 0) is 13.0 Å². The molecule has 2 heterocycles. The Morgan fingerprint density at radius 1 is 1.00 bits per heavy atom. The van der Waals surface area contributed by atoms with Crippen molar-refractivity contribution >= 4 is 0 Å². The number of piperazine rings is 1. The number of rotatable bonds is 7. The van der Waals surface area contributed by atoms with Gasteiger partial charge in [-0.2, -0.15) is 0 Å². The molecule has 2 aliphatic rings. The van der Waals surface area contributed by atoms with Crippen molar-refractivity contribution in [1.29, 1.82) is 0 Å². The Hall–Kier alpha value is -2.08. The Balaban J connectivity index is 1.54. The van der Waals surface area contributed by atoms with E-state index in [0.29, 0.717) is 12.1 Å². The second-order valence-electron chi connectivity index (χ2n) is 8.92. The lowest BCUT2D eigenvalue weighted by Gasteiger charge is -2.44. The predicted molar refractivity (Wildman–Crippen MR) is 119 cm³/mol. The highest BCUT2D eigenvalue weighted by Gasteiger charge is 2.39. The second kappa shape index (κ2) is 9.38. The first-order chi connectivity index (χ1) is 14.5. The van der Waals surface area contributed by atoms with Crippen LogP contribution in [0.2, 0.25) is 0 Å². The molecule has 162 valence electrons. The van der Waals surface area contributed by atoms with Gasteiger partial charge < -0.3 is 14.6 Å². The van der Waals surface area contributed by atoms with Gasteiger partial charge in [0.1, 0.15) is 0 Å². The molecule has 2 saturated heterocycles. The fraction of sp³-hybridized carbons (Fsp3) is 0.520. The van der Waals surface area contributed by atoms with Gasteiger partial charge in [-0.15, -0.1) is 0 Å². The zero-order chi connectivity index (χ0) is 21.1. The molecule has 0 bridgehead atoms. The number of methoxy groups -OCH3 is 1. The molecule has 0 radical (unpaired) electrons. The van der Waals surface area contributed by atoms with E-state index in [-0.39, 0.29) is 12.2 Å². The summed E-state index contributed by atoms with van der Waals surface area (Å²) in [6, 6.07) is 17.9. The van der Waals surface area contributed by atoms with Gasteiger partial charge in [0, 0.05) is 38.3 Å². The lowest BCUT2D eigenvalue weighted by molar-refractivity contribution is 0.0444. The maximum atomic E-state index is 10.2. The largest absolute Gasteiger partial charge is 0.493 e. The number of aliphatic hydroxyl groups is 1. The summed E-state index contributed by atoms with van der Waals surface area (Å²) in [6.07, 6.45) is 1.80. The van der Waals surface area contributed by atoms with Crippen molar-refractivity contribution < 1.29 is 14.6 Å². The maximum Gasteiger partial charge on any atom is 0.161 e. The van der Waals surface area contributed by atoms with E-state index < -0.39 is 0 Å². The molecule has 0 amide bonds. The number of hydrogen-bond acceptors (Lipinski definition) is 5. The number of aliphatic hydroxyl groups excluding tert-OH is 1. The molecule has 5 nitrogen and oxygen atoms in total. The molecule has 0 saturated carbocycles. The highest BCUT2D eigenvalue weighted by molar-refractivity contribution is 5.43.